The quantitative estimate of drug-likeness (QED) is 0.661. The number of hydrogen-bond donors (Lipinski definition) is 0. The lowest BCUT2D eigenvalue weighted by Crippen LogP contribution is -2.38. The molecular formula is C18H29O. The average Bonchev–Trinajstić information content (AvgIpc) is 2.97. The Bertz CT molecular complexity index is 368. The molecule has 1 radical (unpaired) electrons. The summed E-state index contributed by atoms with van der Waals surface area (Å²) in [7, 11) is 0. The second-order valence-corrected chi connectivity index (χ2v) is 8.45. The number of ether oxygens (including phenoxy) is 1. The Morgan fingerprint density at radius 3 is 2.47 bits per heavy atom. The SMILES string of the molecule is CC1(C)C2CCC1(C)C1OC([C]3CCCCC3)CC21. The minimum Gasteiger partial charge on any atom is -0.373 e. The van der Waals surface area contributed by atoms with E-state index in [-0.39, 0.29) is 0 Å². The van der Waals surface area contributed by atoms with Crippen molar-refractivity contribution in [2.45, 2.75) is 84.3 Å². The van der Waals surface area contributed by atoms with Crippen molar-refractivity contribution in [2.75, 3.05) is 0 Å². The highest BCUT2D eigenvalue weighted by molar-refractivity contribution is 5.19. The fourth-order valence-electron chi connectivity index (χ4n) is 6.11. The monoisotopic (exact) mass is 261 g/mol. The minimum absolute atomic E-state index is 0.451. The van der Waals surface area contributed by atoms with E-state index in [2.05, 4.69) is 20.8 Å². The zero-order valence-electron chi connectivity index (χ0n) is 12.9. The van der Waals surface area contributed by atoms with Crippen molar-refractivity contribution in [3.8, 4) is 0 Å². The molecule has 0 aromatic rings. The van der Waals surface area contributed by atoms with Crippen molar-refractivity contribution in [1.82, 2.24) is 0 Å². The van der Waals surface area contributed by atoms with Gasteiger partial charge in [0.05, 0.1) is 12.2 Å². The van der Waals surface area contributed by atoms with Gasteiger partial charge < -0.3 is 4.74 Å². The molecule has 107 valence electrons. The first-order chi connectivity index (χ1) is 9.04. The third-order valence-electron chi connectivity index (χ3n) is 7.66. The van der Waals surface area contributed by atoms with Gasteiger partial charge in [-0.2, -0.15) is 0 Å². The van der Waals surface area contributed by atoms with E-state index in [0.717, 1.165) is 11.8 Å². The third kappa shape index (κ3) is 1.51. The molecule has 0 N–H and O–H groups in total. The van der Waals surface area contributed by atoms with E-state index < -0.39 is 0 Å². The number of rotatable bonds is 1. The smallest absolute Gasteiger partial charge is 0.0669 e. The van der Waals surface area contributed by atoms with Gasteiger partial charge in [0.25, 0.3) is 0 Å². The predicted octanol–water partition coefficient (Wildman–Crippen LogP) is 4.75. The highest BCUT2D eigenvalue weighted by Gasteiger charge is 2.69. The van der Waals surface area contributed by atoms with Crippen molar-refractivity contribution in [3.63, 3.8) is 0 Å². The van der Waals surface area contributed by atoms with Crippen LogP contribution in [0.3, 0.4) is 0 Å². The molecule has 1 heteroatoms. The van der Waals surface area contributed by atoms with E-state index in [9.17, 15) is 0 Å². The highest BCUT2D eigenvalue weighted by atomic mass is 16.5. The van der Waals surface area contributed by atoms with Crippen LogP contribution in [0.25, 0.3) is 0 Å². The Balaban J connectivity index is 1.55. The summed E-state index contributed by atoms with van der Waals surface area (Å²) in [5.74, 6) is 3.56. The van der Waals surface area contributed by atoms with E-state index >= 15 is 0 Å². The normalized spacial score (nSPS) is 52.6. The molecule has 4 fully saturated rings. The highest BCUT2D eigenvalue weighted by Crippen LogP contribution is 2.71. The Morgan fingerprint density at radius 2 is 1.79 bits per heavy atom. The maximum absolute atomic E-state index is 6.66. The van der Waals surface area contributed by atoms with Gasteiger partial charge in [0.2, 0.25) is 0 Å². The van der Waals surface area contributed by atoms with Crippen LogP contribution in [0.2, 0.25) is 0 Å². The van der Waals surface area contributed by atoms with Gasteiger partial charge in [0.1, 0.15) is 0 Å². The van der Waals surface area contributed by atoms with E-state index in [1.165, 1.54) is 51.4 Å². The standard InChI is InChI=1S/C18H29O/c1-17(2)14-9-10-18(17,3)16-13(14)11-15(19-16)12-7-5-4-6-8-12/h13-16H,4-11H2,1-3H3. The van der Waals surface area contributed by atoms with E-state index in [0.29, 0.717) is 23.0 Å². The van der Waals surface area contributed by atoms with Gasteiger partial charge >= 0.3 is 0 Å². The first-order valence-corrected chi connectivity index (χ1v) is 8.54. The van der Waals surface area contributed by atoms with Crippen LogP contribution in [-0.2, 0) is 4.74 Å². The van der Waals surface area contributed by atoms with Crippen molar-refractivity contribution in [2.24, 2.45) is 22.7 Å². The summed E-state index contributed by atoms with van der Waals surface area (Å²) < 4.78 is 6.66. The molecule has 5 atom stereocenters. The second-order valence-electron chi connectivity index (χ2n) is 8.45. The zero-order valence-corrected chi connectivity index (χ0v) is 12.9. The molecule has 2 bridgehead atoms. The van der Waals surface area contributed by atoms with E-state index in [1.807, 2.05) is 0 Å². The van der Waals surface area contributed by atoms with Crippen LogP contribution in [0.5, 0.6) is 0 Å². The van der Waals surface area contributed by atoms with Crippen LogP contribution in [0.1, 0.15) is 72.1 Å². The average molecular weight is 261 g/mol. The van der Waals surface area contributed by atoms with Crippen molar-refractivity contribution in [1.29, 1.82) is 0 Å². The molecule has 0 aromatic carbocycles. The van der Waals surface area contributed by atoms with Crippen LogP contribution in [0, 0.1) is 28.6 Å². The Morgan fingerprint density at radius 1 is 1.05 bits per heavy atom. The van der Waals surface area contributed by atoms with Gasteiger partial charge in [-0.3, -0.25) is 0 Å². The molecule has 0 aromatic heterocycles. The lowest BCUT2D eigenvalue weighted by Gasteiger charge is -2.39. The summed E-state index contributed by atoms with van der Waals surface area (Å²) in [6.45, 7) is 7.54. The van der Waals surface area contributed by atoms with Gasteiger partial charge in [0.15, 0.2) is 0 Å². The molecule has 19 heavy (non-hydrogen) atoms. The molecule has 1 saturated heterocycles. The summed E-state index contributed by atoms with van der Waals surface area (Å²) in [4.78, 5) is 0. The molecule has 1 aliphatic heterocycles. The lowest BCUT2D eigenvalue weighted by atomic mass is 9.70. The summed E-state index contributed by atoms with van der Waals surface area (Å²) in [5.41, 5.74) is 0.955. The Labute approximate surface area is 118 Å². The Kier molecular flexibility index (Phi) is 2.67. The summed E-state index contributed by atoms with van der Waals surface area (Å²) >= 11 is 0. The minimum atomic E-state index is 0.451. The molecule has 5 unspecified atom stereocenters. The number of hydrogen-bond acceptors (Lipinski definition) is 1. The van der Waals surface area contributed by atoms with Crippen LogP contribution >= 0.6 is 0 Å². The lowest BCUT2D eigenvalue weighted by molar-refractivity contribution is -0.0531. The first-order valence-electron chi connectivity index (χ1n) is 8.54. The fourth-order valence-corrected chi connectivity index (χ4v) is 6.11. The van der Waals surface area contributed by atoms with Crippen LogP contribution < -0.4 is 0 Å². The van der Waals surface area contributed by atoms with Crippen molar-refractivity contribution < 1.29 is 4.74 Å². The predicted molar refractivity (Wildman–Crippen MR) is 77.7 cm³/mol. The van der Waals surface area contributed by atoms with E-state index in [4.69, 9.17) is 4.74 Å². The van der Waals surface area contributed by atoms with Gasteiger partial charge in [-0.15, -0.1) is 0 Å². The summed E-state index contributed by atoms with van der Waals surface area (Å²) in [6.07, 6.45) is 12.3. The third-order valence-corrected chi connectivity index (χ3v) is 7.66. The topological polar surface area (TPSA) is 9.23 Å². The van der Waals surface area contributed by atoms with Crippen molar-refractivity contribution >= 4 is 0 Å². The molecular weight excluding hydrogens is 232 g/mol. The van der Waals surface area contributed by atoms with E-state index in [1.54, 1.807) is 5.92 Å². The maximum Gasteiger partial charge on any atom is 0.0669 e. The molecule has 0 spiro atoms. The largest absolute Gasteiger partial charge is 0.373 e. The molecule has 3 saturated carbocycles. The number of fused-ring (bicyclic) bond motifs is 5. The molecule has 4 rings (SSSR count). The summed E-state index contributed by atoms with van der Waals surface area (Å²) in [5, 5.41) is 0. The van der Waals surface area contributed by atoms with Gasteiger partial charge in [-0.25, -0.2) is 0 Å². The molecule has 3 aliphatic carbocycles. The first kappa shape index (κ1) is 12.7. The van der Waals surface area contributed by atoms with Crippen molar-refractivity contribution in [3.05, 3.63) is 5.92 Å². The van der Waals surface area contributed by atoms with Crippen LogP contribution in [-0.4, -0.2) is 12.2 Å². The maximum atomic E-state index is 6.66. The van der Waals surface area contributed by atoms with Crippen LogP contribution in [0.4, 0.5) is 0 Å². The molecule has 1 nitrogen and oxygen atoms in total. The second kappa shape index (κ2) is 4.00. The summed E-state index contributed by atoms with van der Waals surface area (Å²) in [6, 6.07) is 0. The zero-order chi connectivity index (χ0) is 13.3. The molecule has 0 amide bonds. The molecule has 1 heterocycles. The van der Waals surface area contributed by atoms with Crippen LogP contribution in [0.15, 0.2) is 0 Å². The Hall–Kier alpha value is -0.0400. The van der Waals surface area contributed by atoms with Gasteiger partial charge in [-0.05, 0) is 54.8 Å². The fraction of sp³-hybridized carbons (Fsp3) is 0.944. The van der Waals surface area contributed by atoms with Gasteiger partial charge in [-0.1, -0.05) is 40.0 Å². The van der Waals surface area contributed by atoms with Gasteiger partial charge in [0, 0.05) is 5.92 Å². The molecule has 4 aliphatic rings.